The highest BCUT2D eigenvalue weighted by molar-refractivity contribution is 5.90. The van der Waals surface area contributed by atoms with Crippen molar-refractivity contribution in [2.75, 3.05) is 19.6 Å². The molecule has 2 heterocycles. The molecule has 5 rings (SSSR count). The minimum atomic E-state index is -0.218. The molecule has 2 aromatic rings. The number of hydrogen-bond donors (Lipinski definition) is 1. The number of nitrogens with zero attached hydrogens (tertiary/aromatic N) is 3. The summed E-state index contributed by atoms with van der Waals surface area (Å²) < 4.78 is 5.96. The highest BCUT2D eigenvalue weighted by Crippen LogP contribution is 2.30. The van der Waals surface area contributed by atoms with E-state index in [2.05, 4.69) is 32.3 Å². The molecule has 1 amide bonds. The quantitative estimate of drug-likeness (QED) is 0.816. The van der Waals surface area contributed by atoms with Crippen LogP contribution < -0.4 is 10.1 Å². The summed E-state index contributed by atoms with van der Waals surface area (Å²) in [5.74, 6) is 1.96. The molecule has 0 spiro atoms. The van der Waals surface area contributed by atoms with Gasteiger partial charge in [-0.1, -0.05) is 12.5 Å². The second-order valence-electron chi connectivity index (χ2n) is 8.55. The highest BCUT2D eigenvalue weighted by Gasteiger charge is 2.26. The second kappa shape index (κ2) is 8.11. The zero-order valence-electron chi connectivity index (χ0n) is 16.8. The maximum Gasteiger partial charge on any atom is 0.289 e. The molecule has 3 aliphatic rings. The zero-order chi connectivity index (χ0) is 19.6. The average molecular weight is 393 g/mol. The summed E-state index contributed by atoms with van der Waals surface area (Å²) in [5, 5.41) is 2.88. The molecule has 0 atom stereocenters. The van der Waals surface area contributed by atoms with Gasteiger partial charge < -0.3 is 10.1 Å². The Hall–Kier alpha value is -2.47. The second-order valence-corrected chi connectivity index (χ2v) is 8.55. The Labute approximate surface area is 171 Å². The summed E-state index contributed by atoms with van der Waals surface area (Å²) in [6, 6.07) is 7.16. The maximum absolute atomic E-state index is 12.1. The number of hydrogen-bond acceptors (Lipinski definition) is 5. The first-order chi connectivity index (χ1) is 14.2. The monoisotopic (exact) mass is 392 g/mol. The smallest absolute Gasteiger partial charge is 0.289 e. The summed E-state index contributed by atoms with van der Waals surface area (Å²) in [6.45, 7) is 3.01. The fourth-order valence-electron chi connectivity index (χ4n) is 4.16. The molecular weight excluding hydrogens is 364 g/mol. The van der Waals surface area contributed by atoms with Crippen molar-refractivity contribution < 1.29 is 9.53 Å². The fourth-order valence-corrected chi connectivity index (χ4v) is 4.16. The van der Waals surface area contributed by atoms with Crippen molar-refractivity contribution in [2.45, 2.75) is 51.0 Å². The van der Waals surface area contributed by atoms with Gasteiger partial charge in [-0.2, -0.15) is 0 Å². The summed E-state index contributed by atoms with van der Waals surface area (Å²) in [7, 11) is 0. The highest BCUT2D eigenvalue weighted by atomic mass is 16.5. The number of amides is 1. The maximum atomic E-state index is 12.1. The predicted molar refractivity (Wildman–Crippen MR) is 110 cm³/mol. The van der Waals surface area contributed by atoms with Crippen LogP contribution in [-0.2, 0) is 12.8 Å². The van der Waals surface area contributed by atoms with E-state index in [0.717, 1.165) is 37.7 Å². The molecule has 6 heteroatoms. The minimum Gasteiger partial charge on any atom is -0.454 e. The van der Waals surface area contributed by atoms with Crippen molar-refractivity contribution >= 4 is 5.91 Å². The Kier molecular flexibility index (Phi) is 5.19. The first-order valence-electron chi connectivity index (χ1n) is 10.9. The van der Waals surface area contributed by atoms with E-state index in [1.807, 2.05) is 6.07 Å². The molecule has 2 saturated carbocycles. The van der Waals surface area contributed by atoms with Crippen LogP contribution in [0.25, 0.3) is 0 Å². The van der Waals surface area contributed by atoms with Gasteiger partial charge in [0, 0.05) is 25.7 Å². The number of rotatable bonds is 6. The Balaban J connectivity index is 1.21. The van der Waals surface area contributed by atoms with Gasteiger partial charge in [0.25, 0.3) is 5.91 Å². The molecule has 1 aromatic heterocycles. The van der Waals surface area contributed by atoms with Crippen LogP contribution in [0.15, 0.2) is 30.6 Å². The van der Waals surface area contributed by atoms with Crippen LogP contribution in [0.2, 0.25) is 0 Å². The predicted octanol–water partition coefficient (Wildman–Crippen LogP) is 3.36. The van der Waals surface area contributed by atoms with Gasteiger partial charge in [-0.25, -0.2) is 9.97 Å². The molecule has 0 bridgehead atoms. The fraction of sp³-hybridized carbons (Fsp3) is 0.522. The number of carbonyl (C=O) groups is 1. The van der Waals surface area contributed by atoms with Crippen LogP contribution in [-0.4, -0.2) is 46.5 Å². The van der Waals surface area contributed by atoms with E-state index in [1.165, 1.54) is 43.2 Å². The van der Waals surface area contributed by atoms with Gasteiger partial charge in [-0.15, -0.1) is 0 Å². The first-order valence-corrected chi connectivity index (χ1v) is 10.9. The third-order valence-electron chi connectivity index (χ3n) is 6.42. The molecule has 1 aliphatic heterocycles. The van der Waals surface area contributed by atoms with Crippen LogP contribution in [0.5, 0.6) is 11.5 Å². The van der Waals surface area contributed by atoms with Crippen LogP contribution in [0.4, 0.5) is 0 Å². The van der Waals surface area contributed by atoms with E-state index in [-0.39, 0.29) is 11.7 Å². The van der Waals surface area contributed by atoms with E-state index in [9.17, 15) is 4.79 Å². The third-order valence-corrected chi connectivity index (χ3v) is 6.42. The summed E-state index contributed by atoms with van der Waals surface area (Å²) >= 11 is 0. The van der Waals surface area contributed by atoms with E-state index in [1.54, 1.807) is 12.4 Å². The molecule has 1 aromatic carbocycles. The molecular formula is C23H28N4O2. The number of ether oxygens (including phenoxy) is 1. The van der Waals surface area contributed by atoms with Crippen molar-refractivity contribution in [1.29, 1.82) is 0 Å². The van der Waals surface area contributed by atoms with E-state index < -0.39 is 0 Å². The number of fused-ring (bicyclic) bond motifs is 1. The van der Waals surface area contributed by atoms with Crippen molar-refractivity contribution in [3.8, 4) is 11.5 Å². The van der Waals surface area contributed by atoms with Crippen molar-refractivity contribution in [2.24, 2.45) is 5.92 Å². The number of carbonyl (C=O) groups excluding carboxylic acids is 1. The van der Waals surface area contributed by atoms with Crippen LogP contribution in [0.1, 0.15) is 53.8 Å². The van der Waals surface area contributed by atoms with Crippen molar-refractivity contribution in [3.63, 3.8) is 0 Å². The third kappa shape index (κ3) is 4.42. The van der Waals surface area contributed by atoms with E-state index >= 15 is 0 Å². The number of aromatic nitrogens is 2. The zero-order valence-corrected chi connectivity index (χ0v) is 16.8. The van der Waals surface area contributed by atoms with Gasteiger partial charge in [-0.05, 0) is 67.7 Å². The van der Waals surface area contributed by atoms with E-state index in [0.29, 0.717) is 18.2 Å². The van der Waals surface area contributed by atoms with Crippen LogP contribution >= 0.6 is 0 Å². The van der Waals surface area contributed by atoms with Crippen molar-refractivity contribution in [1.82, 2.24) is 20.2 Å². The van der Waals surface area contributed by atoms with E-state index in [4.69, 9.17) is 4.74 Å². The molecule has 0 saturated heterocycles. The van der Waals surface area contributed by atoms with Crippen molar-refractivity contribution in [3.05, 3.63) is 47.5 Å². The summed E-state index contributed by atoms with van der Waals surface area (Å²) in [4.78, 5) is 23.0. The first kappa shape index (κ1) is 18.6. The standard InChI is InChI=1S/C23H28N4O2/c28-23(26-13-16-4-5-16)22-24-14-21(15-25-22)29-20-7-6-17-8-10-27(19-2-1-3-19)11-9-18(17)12-20/h6-7,12,14-16,19H,1-5,8-11,13H2,(H,26,28). The van der Waals surface area contributed by atoms with Gasteiger partial charge >= 0.3 is 0 Å². The molecule has 0 unspecified atom stereocenters. The summed E-state index contributed by atoms with van der Waals surface area (Å²) in [5.41, 5.74) is 2.81. The lowest BCUT2D eigenvalue weighted by molar-refractivity contribution is 0.0941. The Bertz CT molecular complexity index is 875. The lowest BCUT2D eigenvalue weighted by Crippen LogP contribution is -2.41. The molecule has 152 valence electrons. The molecule has 2 aliphatic carbocycles. The summed E-state index contributed by atoms with van der Waals surface area (Å²) in [6.07, 6.45) is 11.8. The van der Waals surface area contributed by atoms with Gasteiger partial charge in [0.1, 0.15) is 5.75 Å². The van der Waals surface area contributed by atoms with Gasteiger partial charge in [0.2, 0.25) is 5.82 Å². The number of nitrogens with one attached hydrogen (secondary N) is 1. The van der Waals surface area contributed by atoms with Gasteiger partial charge in [0.15, 0.2) is 5.75 Å². The normalized spacial score (nSPS) is 19.7. The SMILES string of the molecule is O=C(NCC1CC1)c1ncc(Oc2ccc3c(c2)CCN(C2CCC2)CC3)cn1. The van der Waals surface area contributed by atoms with Crippen LogP contribution in [0, 0.1) is 5.92 Å². The number of benzene rings is 1. The lowest BCUT2D eigenvalue weighted by atomic mass is 9.91. The van der Waals surface area contributed by atoms with Crippen LogP contribution in [0.3, 0.4) is 0 Å². The molecule has 0 radical (unpaired) electrons. The molecule has 29 heavy (non-hydrogen) atoms. The molecule has 2 fully saturated rings. The van der Waals surface area contributed by atoms with Gasteiger partial charge in [-0.3, -0.25) is 9.69 Å². The lowest BCUT2D eigenvalue weighted by Gasteiger charge is -2.36. The molecule has 6 nitrogen and oxygen atoms in total. The molecule has 1 N–H and O–H groups in total. The van der Waals surface area contributed by atoms with Gasteiger partial charge in [0.05, 0.1) is 12.4 Å². The largest absolute Gasteiger partial charge is 0.454 e. The minimum absolute atomic E-state index is 0.191. The topological polar surface area (TPSA) is 67.3 Å². The Morgan fingerprint density at radius 2 is 1.79 bits per heavy atom. The Morgan fingerprint density at radius 3 is 2.48 bits per heavy atom. The Morgan fingerprint density at radius 1 is 1.03 bits per heavy atom. The average Bonchev–Trinajstić information content (AvgIpc) is 3.53.